The first-order valence-electron chi connectivity index (χ1n) is 10.4. The van der Waals surface area contributed by atoms with Gasteiger partial charge in [0, 0.05) is 24.0 Å². The quantitative estimate of drug-likeness (QED) is 0.420. The number of rotatable bonds is 9. The van der Waals surface area contributed by atoms with E-state index in [-0.39, 0.29) is 31.3 Å². The lowest BCUT2D eigenvalue weighted by molar-refractivity contribution is -0.126. The summed E-state index contributed by atoms with van der Waals surface area (Å²) in [5.74, 6) is 1.25. The molecule has 0 saturated carbocycles. The van der Waals surface area contributed by atoms with E-state index in [1.165, 1.54) is 0 Å². The van der Waals surface area contributed by atoms with Gasteiger partial charge in [0.15, 0.2) is 11.7 Å². The molecule has 0 bridgehead atoms. The Labute approximate surface area is 185 Å². The number of aromatic nitrogens is 1. The fourth-order valence-corrected chi connectivity index (χ4v) is 3.20. The molecule has 2 heterocycles. The lowest BCUT2D eigenvalue weighted by Crippen LogP contribution is -2.36. The van der Waals surface area contributed by atoms with Crippen LogP contribution in [0.15, 0.2) is 87.9 Å². The van der Waals surface area contributed by atoms with Crippen molar-refractivity contribution in [1.82, 2.24) is 15.6 Å². The molecule has 4 aromatic rings. The first-order valence-corrected chi connectivity index (χ1v) is 10.4. The lowest BCUT2D eigenvalue weighted by Gasteiger charge is -2.05. The molecular formula is C25H23N3O4. The third kappa shape index (κ3) is 5.51. The predicted octanol–water partition coefficient (Wildman–Crippen LogP) is 3.97. The van der Waals surface area contributed by atoms with Crippen molar-refractivity contribution >= 4 is 11.8 Å². The fraction of sp³-hybridized carbons (Fsp3) is 0.160. The highest BCUT2D eigenvalue weighted by atomic mass is 16.4. The Morgan fingerprint density at radius 2 is 1.53 bits per heavy atom. The molecule has 0 aliphatic carbocycles. The van der Waals surface area contributed by atoms with Crippen molar-refractivity contribution in [3.05, 3.63) is 90.7 Å². The molecule has 7 heteroatoms. The van der Waals surface area contributed by atoms with Crippen LogP contribution in [0.4, 0.5) is 0 Å². The number of oxazole rings is 1. The molecule has 0 unspecified atom stereocenters. The number of hydrogen-bond donors (Lipinski definition) is 2. The Morgan fingerprint density at radius 1 is 0.812 bits per heavy atom. The van der Waals surface area contributed by atoms with Gasteiger partial charge in [-0.1, -0.05) is 60.7 Å². The van der Waals surface area contributed by atoms with Gasteiger partial charge in [0.1, 0.15) is 11.5 Å². The summed E-state index contributed by atoms with van der Waals surface area (Å²) in [5.41, 5.74) is 2.60. The molecule has 2 aromatic heterocycles. The maximum Gasteiger partial charge on any atom is 0.239 e. The van der Waals surface area contributed by atoms with Crippen molar-refractivity contribution in [2.45, 2.75) is 19.4 Å². The first kappa shape index (κ1) is 21.1. The summed E-state index contributed by atoms with van der Waals surface area (Å²) in [6.07, 6.45) is 2.03. The van der Waals surface area contributed by atoms with Crippen molar-refractivity contribution in [2.24, 2.45) is 0 Å². The van der Waals surface area contributed by atoms with E-state index in [4.69, 9.17) is 8.83 Å². The predicted molar refractivity (Wildman–Crippen MR) is 119 cm³/mol. The van der Waals surface area contributed by atoms with Gasteiger partial charge in [-0.25, -0.2) is 4.98 Å². The molecule has 4 rings (SSSR count). The maximum atomic E-state index is 12.2. The Hall–Kier alpha value is -4.13. The summed E-state index contributed by atoms with van der Waals surface area (Å²) in [5, 5.41) is 5.30. The summed E-state index contributed by atoms with van der Waals surface area (Å²) in [4.78, 5) is 28.7. The highest BCUT2D eigenvalue weighted by molar-refractivity contribution is 5.84. The van der Waals surface area contributed by atoms with Crippen molar-refractivity contribution in [2.75, 3.05) is 6.54 Å². The first-order chi connectivity index (χ1) is 15.7. The van der Waals surface area contributed by atoms with Gasteiger partial charge in [0.05, 0.1) is 19.4 Å². The Morgan fingerprint density at radius 3 is 2.22 bits per heavy atom. The minimum atomic E-state index is -0.288. The van der Waals surface area contributed by atoms with Gasteiger partial charge >= 0.3 is 0 Å². The molecule has 2 amide bonds. The molecule has 7 nitrogen and oxygen atoms in total. The average Bonchev–Trinajstić information content (AvgIpc) is 3.51. The van der Waals surface area contributed by atoms with Crippen LogP contribution >= 0.6 is 0 Å². The van der Waals surface area contributed by atoms with E-state index in [0.29, 0.717) is 23.8 Å². The summed E-state index contributed by atoms with van der Waals surface area (Å²) >= 11 is 0. The number of carbonyl (C=O) groups is 2. The molecule has 0 aliphatic heterocycles. The second kappa shape index (κ2) is 10.3. The van der Waals surface area contributed by atoms with Gasteiger partial charge in [-0.15, -0.1) is 0 Å². The van der Waals surface area contributed by atoms with E-state index in [1.807, 2.05) is 60.7 Å². The van der Waals surface area contributed by atoms with Gasteiger partial charge < -0.3 is 19.5 Å². The van der Waals surface area contributed by atoms with Crippen molar-refractivity contribution in [3.63, 3.8) is 0 Å². The molecule has 2 aromatic carbocycles. The molecule has 0 aliphatic rings. The van der Waals surface area contributed by atoms with Crippen LogP contribution < -0.4 is 10.6 Å². The second-order valence-corrected chi connectivity index (χ2v) is 7.15. The number of nitrogens with zero attached hydrogens (tertiary/aromatic N) is 1. The zero-order valence-corrected chi connectivity index (χ0v) is 17.4. The molecular weight excluding hydrogens is 406 g/mol. The summed E-state index contributed by atoms with van der Waals surface area (Å²) in [6.45, 7) is 0.179. The molecule has 162 valence electrons. The highest BCUT2D eigenvalue weighted by Gasteiger charge is 2.17. The standard InChI is InChI=1S/C25H23N3O4/c29-21(27-17-22(30)26-16-20-12-7-15-31-20)13-14-23-28-24(18-8-3-1-4-9-18)25(32-23)19-10-5-2-6-11-19/h1-12,15H,13-14,16-17H2,(H,26,30)(H,27,29). The fourth-order valence-electron chi connectivity index (χ4n) is 3.20. The largest absolute Gasteiger partial charge is 0.467 e. The molecule has 0 fully saturated rings. The van der Waals surface area contributed by atoms with E-state index >= 15 is 0 Å². The Bertz CT molecular complexity index is 1100. The molecule has 32 heavy (non-hydrogen) atoms. The normalized spacial score (nSPS) is 10.6. The number of furan rings is 1. The zero-order valence-electron chi connectivity index (χ0n) is 17.4. The van der Waals surface area contributed by atoms with Gasteiger partial charge in [-0.2, -0.15) is 0 Å². The molecule has 2 N–H and O–H groups in total. The molecule has 0 atom stereocenters. The molecule has 0 radical (unpaired) electrons. The van der Waals surface area contributed by atoms with Crippen LogP contribution in [0.25, 0.3) is 22.6 Å². The van der Waals surface area contributed by atoms with Gasteiger partial charge in [-0.05, 0) is 12.1 Å². The average molecular weight is 429 g/mol. The van der Waals surface area contributed by atoms with Crippen LogP contribution in [-0.4, -0.2) is 23.3 Å². The minimum absolute atomic E-state index is 0.102. The van der Waals surface area contributed by atoms with Crippen LogP contribution in [-0.2, 0) is 22.6 Å². The van der Waals surface area contributed by atoms with Crippen molar-refractivity contribution in [1.29, 1.82) is 0 Å². The smallest absolute Gasteiger partial charge is 0.239 e. The third-order valence-electron chi connectivity index (χ3n) is 4.81. The summed E-state index contributed by atoms with van der Waals surface area (Å²) in [6, 6.07) is 23.1. The number of hydrogen-bond acceptors (Lipinski definition) is 5. The monoisotopic (exact) mass is 429 g/mol. The van der Waals surface area contributed by atoms with Gasteiger partial charge in [-0.3, -0.25) is 9.59 Å². The number of aryl methyl sites for hydroxylation is 1. The van der Waals surface area contributed by atoms with E-state index < -0.39 is 0 Å². The maximum absolute atomic E-state index is 12.2. The van der Waals surface area contributed by atoms with Crippen LogP contribution in [0.2, 0.25) is 0 Å². The van der Waals surface area contributed by atoms with Crippen molar-refractivity contribution in [3.8, 4) is 22.6 Å². The van der Waals surface area contributed by atoms with E-state index in [0.717, 1.165) is 16.8 Å². The molecule has 0 saturated heterocycles. The Kier molecular flexibility index (Phi) is 6.77. The van der Waals surface area contributed by atoms with Crippen LogP contribution in [0.3, 0.4) is 0 Å². The van der Waals surface area contributed by atoms with Gasteiger partial charge in [0.2, 0.25) is 11.8 Å². The zero-order chi connectivity index (χ0) is 22.2. The second-order valence-electron chi connectivity index (χ2n) is 7.15. The number of amides is 2. The third-order valence-corrected chi connectivity index (χ3v) is 4.81. The highest BCUT2D eigenvalue weighted by Crippen LogP contribution is 2.32. The lowest BCUT2D eigenvalue weighted by atomic mass is 10.1. The number of benzene rings is 2. The van der Waals surface area contributed by atoms with E-state index in [1.54, 1.807) is 18.4 Å². The van der Waals surface area contributed by atoms with E-state index in [9.17, 15) is 9.59 Å². The summed E-state index contributed by atoms with van der Waals surface area (Å²) in [7, 11) is 0. The number of carbonyl (C=O) groups excluding carboxylic acids is 2. The SMILES string of the molecule is O=C(CCc1nc(-c2ccccc2)c(-c2ccccc2)o1)NCC(=O)NCc1ccco1. The number of nitrogens with one attached hydrogen (secondary N) is 2. The minimum Gasteiger partial charge on any atom is -0.467 e. The van der Waals surface area contributed by atoms with Crippen LogP contribution in [0, 0.1) is 0 Å². The molecule has 0 spiro atoms. The topological polar surface area (TPSA) is 97.4 Å². The van der Waals surface area contributed by atoms with E-state index in [2.05, 4.69) is 15.6 Å². The van der Waals surface area contributed by atoms with Crippen molar-refractivity contribution < 1.29 is 18.4 Å². The van der Waals surface area contributed by atoms with Gasteiger partial charge in [0.25, 0.3) is 0 Å². The Balaban J connectivity index is 1.35. The van der Waals surface area contributed by atoms with Crippen LogP contribution in [0.5, 0.6) is 0 Å². The van der Waals surface area contributed by atoms with Crippen LogP contribution in [0.1, 0.15) is 18.1 Å². The summed E-state index contributed by atoms with van der Waals surface area (Å²) < 4.78 is 11.2.